The lowest BCUT2D eigenvalue weighted by Crippen LogP contribution is -2.13. The highest BCUT2D eigenvalue weighted by molar-refractivity contribution is 6.04. The fourth-order valence-electron chi connectivity index (χ4n) is 1.86. The molecule has 1 aromatic heterocycles. The first-order valence-corrected chi connectivity index (χ1v) is 6.51. The number of carbonyl (C=O) groups excluding carboxylic acids is 1. The summed E-state index contributed by atoms with van der Waals surface area (Å²) in [6.45, 7) is 4.23. The van der Waals surface area contributed by atoms with E-state index in [1.165, 1.54) is 11.8 Å². The topological polar surface area (TPSA) is 51.2 Å². The molecule has 104 valence electrons. The molecule has 0 fully saturated rings. The predicted octanol–water partition coefficient (Wildman–Crippen LogP) is 3.47. The molecule has 0 saturated carbocycles. The Morgan fingerprint density at radius 1 is 1.30 bits per heavy atom. The van der Waals surface area contributed by atoms with E-state index < -0.39 is 0 Å². The molecule has 0 radical (unpaired) electrons. The summed E-state index contributed by atoms with van der Waals surface area (Å²) in [5.41, 5.74) is 2.34. The number of aromatic nitrogens is 1. The summed E-state index contributed by atoms with van der Waals surface area (Å²) < 4.78 is 5.34. The second-order valence-electron chi connectivity index (χ2n) is 4.81. The van der Waals surface area contributed by atoms with Gasteiger partial charge in [-0.25, -0.2) is 0 Å². The van der Waals surface area contributed by atoms with Crippen molar-refractivity contribution in [2.45, 2.75) is 19.8 Å². The summed E-state index contributed by atoms with van der Waals surface area (Å²) in [7, 11) is 1.60. The molecular weight excluding hydrogens is 252 g/mol. The van der Waals surface area contributed by atoms with Crippen LogP contribution in [0.4, 0.5) is 5.69 Å². The van der Waals surface area contributed by atoms with E-state index in [1.54, 1.807) is 25.4 Å². The van der Waals surface area contributed by atoms with E-state index in [2.05, 4.69) is 24.1 Å². The number of nitrogens with one attached hydrogen (secondary N) is 1. The molecule has 4 heteroatoms. The number of benzene rings is 1. The molecule has 1 heterocycles. The van der Waals surface area contributed by atoms with Crippen molar-refractivity contribution in [3.8, 4) is 5.75 Å². The minimum absolute atomic E-state index is 0.200. The van der Waals surface area contributed by atoms with Gasteiger partial charge in [0.15, 0.2) is 0 Å². The van der Waals surface area contributed by atoms with Gasteiger partial charge < -0.3 is 10.1 Å². The van der Waals surface area contributed by atoms with Crippen LogP contribution in [0.15, 0.2) is 42.7 Å². The molecule has 0 unspecified atom stereocenters. The maximum atomic E-state index is 12.1. The summed E-state index contributed by atoms with van der Waals surface area (Å²) >= 11 is 0. The van der Waals surface area contributed by atoms with Crippen LogP contribution in [-0.4, -0.2) is 18.0 Å². The van der Waals surface area contributed by atoms with Crippen LogP contribution in [0.2, 0.25) is 0 Å². The molecule has 1 aromatic carbocycles. The summed E-state index contributed by atoms with van der Waals surface area (Å²) in [6, 6.07) is 9.25. The van der Waals surface area contributed by atoms with Gasteiger partial charge in [0.2, 0.25) is 0 Å². The predicted molar refractivity (Wildman–Crippen MR) is 79.3 cm³/mol. The number of hydrogen-bond acceptors (Lipinski definition) is 3. The van der Waals surface area contributed by atoms with Crippen LogP contribution in [0.25, 0.3) is 0 Å². The van der Waals surface area contributed by atoms with Crippen molar-refractivity contribution in [2.75, 3.05) is 12.4 Å². The van der Waals surface area contributed by atoms with E-state index in [-0.39, 0.29) is 5.91 Å². The van der Waals surface area contributed by atoms with Crippen molar-refractivity contribution < 1.29 is 9.53 Å². The Morgan fingerprint density at radius 3 is 2.70 bits per heavy atom. The van der Waals surface area contributed by atoms with Gasteiger partial charge in [-0.15, -0.1) is 0 Å². The van der Waals surface area contributed by atoms with Crippen LogP contribution in [0.1, 0.15) is 35.7 Å². The number of anilines is 1. The van der Waals surface area contributed by atoms with Gasteiger partial charge in [0.25, 0.3) is 5.91 Å². The molecule has 0 aliphatic carbocycles. The van der Waals surface area contributed by atoms with Gasteiger partial charge in [0, 0.05) is 12.4 Å². The molecule has 4 nitrogen and oxygen atoms in total. The normalized spacial score (nSPS) is 10.4. The van der Waals surface area contributed by atoms with E-state index >= 15 is 0 Å². The zero-order valence-electron chi connectivity index (χ0n) is 11.9. The quantitative estimate of drug-likeness (QED) is 0.925. The van der Waals surface area contributed by atoms with Crippen LogP contribution in [0.3, 0.4) is 0 Å². The highest BCUT2D eigenvalue weighted by atomic mass is 16.5. The molecular formula is C16H18N2O2. The molecule has 0 spiro atoms. The molecule has 0 saturated heterocycles. The Bertz CT molecular complexity index is 595. The number of pyridine rings is 1. The minimum atomic E-state index is -0.200. The summed E-state index contributed by atoms with van der Waals surface area (Å²) in [4.78, 5) is 16.0. The van der Waals surface area contributed by atoms with Gasteiger partial charge in [0.05, 0.1) is 18.4 Å². The van der Waals surface area contributed by atoms with E-state index in [1.807, 2.05) is 18.2 Å². The largest absolute Gasteiger partial charge is 0.495 e. The van der Waals surface area contributed by atoms with Crippen molar-refractivity contribution in [2.24, 2.45) is 0 Å². The Hall–Kier alpha value is -2.36. The second kappa shape index (κ2) is 6.19. The third-order valence-corrected chi connectivity index (χ3v) is 3.06. The first-order chi connectivity index (χ1) is 9.61. The first-order valence-electron chi connectivity index (χ1n) is 6.51. The first kappa shape index (κ1) is 14.1. The number of carbonyl (C=O) groups is 1. The maximum absolute atomic E-state index is 12.1. The maximum Gasteiger partial charge on any atom is 0.257 e. The monoisotopic (exact) mass is 270 g/mol. The third kappa shape index (κ3) is 3.15. The van der Waals surface area contributed by atoms with Crippen LogP contribution in [-0.2, 0) is 0 Å². The van der Waals surface area contributed by atoms with Gasteiger partial charge in [-0.3, -0.25) is 9.78 Å². The van der Waals surface area contributed by atoms with Crippen LogP contribution in [0.5, 0.6) is 5.75 Å². The number of ether oxygens (including phenoxy) is 1. The standard InChI is InChI=1S/C16H18N2O2/c1-11(2)12-6-7-14(15(9-12)20-3)18-16(19)13-5-4-8-17-10-13/h4-11H,1-3H3,(H,18,19). The lowest BCUT2D eigenvalue weighted by Gasteiger charge is -2.13. The van der Waals surface area contributed by atoms with Crippen LogP contribution in [0, 0.1) is 0 Å². The Balaban J connectivity index is 2.23. The van der Waals surface area contributed by atoms with E-state index in [0.29, 0.717) is 22.9 Å². The molecule has 1 amide bonds. The number of amides is 1. The van der Waals surface area contributed by atoms with E-state index in [0.717, 1.165) is 0 Å². The molecule has 0 aliphatic rings. The van der Waals surface area contributed by atoms with Gasteiger partial charge in [0.1, 0.15) is 5.75 Å². The van der Waals surface area contributed by atoms with E-state index in [4.69, 9.17) is 4.74 Å². The average Bonchev–Trinajstić information content (AvgIpc) is 2.48. The molecule has 20 heavy (non-hydrogen) atoms. The molecule has 0 aliphatic heterocycles. The Kier molecular flexibility index (Phi) is 4.35. The lowest BCUT2D eigenvalue weighted by atomic mass is 10.0. The van der Waals surface area contributed by atoms with Crippen molar-refractivity contribution in [3.05, 3.63) is 53.9 Å². The van der Waals surface area contributed by atoms with Crippen LogP contribution >= 0.6 is 0 Å². The van der Waals surface area contributed by atoms with Crippen LogP contribution < -0.4 is 10.1 Å². The Labute approximate surface area is 118 Å². The van der Waals surface area contributed by atoms with Crippen molar-refractivity contribution in [3.63, 3.8) is 0 Å². The average molecular weight is 270 g/mol. The molecule has 0 bridgehead atoms. The number of methoxy groups -OCH3 is 1. The highest BCUT2D eigenvalue weighted by Gasteiger charge is 2.11. The van der Waals surface area contributed by atoms with Gasteiger partial charge >= 0.3 is 0 Å². The third-order valence-electron chi connectivity index (χ3n) is 3.06. The fraction of sp³-hybridized carbons (Fsp3) is 0.250. The minimum Gasteiger partial charge on any atom is -0.495 e. The highest BCUT2D eigenvalue weighted by Crippen LogP contribution is 2.29. The Morgan fingerprint density at radius 2 is 2.10 bits per heavy atom. The summed E-state index contributed by atoms with van der Waals surface area (Å²) in [5, 5.41) is 2.84. The van der Waals surface area contributed by atoms with Crippen molar-refractivity contribution in [1.29, 1.82) is 0 Å². The number of rotatable bonds is 4. The number of hydrogen-bond donors (Lipinski definition) is 1. The zero-order valence-corrected chi connectivity index (χ0v) is 11.9. The molecule has 0 atom stereocenters. The number of nitrogens with zero attached hydrogens (tertiary/aromatic N) is 1. The molecule has 2 aromatic rings. The van der Waals surface area contributed by atoms with Crippen molar-refractivity contribution >= 4 is 11.6 Å². The van der Waals surface area contributed by atoms with Gasteiger partial charge in [-0.1, -0.05) is 19.9 Å². The summed E-state index contributed by atoms with van der Waals surface area (Å²) in [6.07, 6.45) is 3.17. The zero-order chi connectivity index (χ0) is 14.5. The smallest absolute Gasteiger partial charge is 0.257 e. The van der Waals surface area contributed by atoms with E-state index in [9.17, 15) is 4.79 Å². The molecule has 1 N–H and O–H groups in total. The molecule has 2 rings (SSSR count). The lowest BCUT2D eigenvalue weighted by molar-refractivity contribution is 0.102. The second-order valence-corrected chi connectivity index (χ2v) is 4.81. The van der Waals surface area contributed by atoms with Gasteiger partial charge in [-0.2, -0.15) is 0 Å². The SMILES string of the molecule is COc1cc(C(C)C)ccc1NC(=O)c1cccnc1. The van der Waals surface area contributed by atoms with Crippen molar-refractivity contribution in [1.82, 2.24) is 4.98 Å². The fourth-order valence-corrected chi connectivity index (χ4v) is 1.86. The summed E-state index contributed by atoms with van der Waals surface area (Å²) in [5.74, 6) is 0.870. The van der Waals surface area contributed by atoms with Gasteiger partial charge in [-0.05, 0) is 35.7 Å².